The number of hydrogen-bond donors (Lipinski definition) is 0. The topological polar surface area (TPSA) is 30.2 Å². The quantitative estimate of drug-likeness (QED) is 0.300. The number of nitrogens with zero attached hydrogens (tertiary/aromatic N) is 3. The molecular weight excluding hydrogens is 413 g/mol. The summed E-state index contributed by atoms with van der Waals surface area (Å²) in [6, 6.07) is 19.4. The number of thioether (sulfide) groups is 1. The Kier molecular flexibility index (Phi) is 4.55. The fourth-order valence-corrected chi connectivity index (χ4v) is 5.33. The Hall–Kier alpha value is -2.41. The second kappa shape index (κ2) is 7.20. The van der Waals surface area contributed by atoms with Crippen LogP contribution in [0.4, 0.5) is 4.39 Å². The molecule has 0 fully saturated rings. The highest BCUT2D eigenvalue weighted by molar-refractivity contribution is 7.98. The average molecular weight is 426 g/mol. The Bertz CT molecular complexity index is 1290. The number of rotatable bonds is 4. The lowest BCUT2D eigenvalue weighted by Crippen LogP contribution is -1.93. The summed E-state index contributed by atoms with van der Waals surface area (Å²) in [6.07, 6.45) is 0. The fourth-order valence-electron chi connectivity index (χ4n) is 3.15. The van der Waals surface area contributed by atoms with E-state index >= 15 is 0 Å². The predicted molar refractivity (Wildman–Crippen MR) is 115 cm³/mol. The summed E-state index contributed by atoms with van der Waals surface area (Å²) < 4.78 is 16.1. The number of hydrogen-bond acceptors (Lipinski definition) is 4. The van der Waals surface area contributed by atoms with Gasteiger partial charge in [-0.15, -0.1) is 21.5 Å². The summed E-state index contributed by atoms with van der Waals surface area (Å²) in [4.78, 5) is 0.810. The maximum atomic E-state index is 14.1. The minimum absolute atomic E-state index is 0.305. The van der Waals surface area contributed by atoms with E-state index in [2.05, 4.69) is 45.9 Å². The standard InChI is InChI=1S/C21H13ClFN3S2/c22-17-6-3-7-18(23)16(17)11-27-20-24-25-21-26(20)19(12-28-21)15-9-8-13-4-1-2-5-14(13)10-15/h1-10,12H,11H2. The van der Waals surface area contributed by atoms with E-state index in [0.29, 0.717) is 16.3 Å². The Labute approximate surface area is 173 Å². The molecule has 5 aromatic rings. The van der Waals surface area contributed by atoms with Crippen molar-refractivity contribution in [1.82, 2.24) is 14.6 Å². The van der Waals surface area contributed by atoms with E-state index in [1.807, 2.05) is 16.5 Å². The molecule has 0 saturated heterocycles. The van der Waals surface area contributed by atoms with Gasteiger partial charge in [0.05, 0.1) is 5.69 Å². The van der Waals surface area contributed by atoms with Gasteiger partial charge >= 0.3 is 0 Å². The van der Waals surface area contributed by atoms with Gasteiger partial charge in [-0.1, -0.05) is 65.8 Å². The van der Waals surface area contributed by atoms with E-state index in [1.165, 1.54) is 39.9 Å². The van der Waals surface area contributed by atoms with Gasteiger partial charge in [0, 0.05) is 27.3 Å². The Balaban J connectivity index is 1.54. The first-order valence-corrected chi connectivity index (χ1v) is 10.8. The highest BCUT2D eigenvalue weighted by atomic mass is 35.5. The van der Waals surface area contributed by atoms with Crippen LogP contribution in [0.2, 0.25) is 5.02 Å². The van der Waals surface area contributed by atoms with Crippen LogP contribution in [0.15, 0.2) is 71.2 Å². The molecule has 0 radical (unpaired) electrons. The summed E-state index contributed by atoms with van der Waals surface area (Å²) in [5.74, 6) is 0.0834. The van der Waals surface area contributed by atoms with Gasteiger partial charge in [0.2, 0.25) is 4.96 Å². The lowest BCUT2D eigenvalue weighted by atomic mass is 10.1. The first-order valence-electron chi connectivity index (χ1n) is 8.58. The first-order chi connectivity index (χ1) is 13.7. The molecule has 7 heteroatoms. The zero-order valence-electron chi connectivity index (χ0n) is 14.5. The maximum Gasteiger partial charge on any atom is 0.217 e. The van der Waals surface area contributed by atoms with E-state index in [1.54, 1.807) is 12.1 Å². The summed E-state index contributed by atoms with van der Waals surface area (Å²) in [7, 11) is 0. The summed E-state index contributed by atoms with van der Waals surface area (Å²) in [6.45, 7) is 0. The third kappa shape index (κ3) is 3.07. The zero-order chi connectivity index (χ0) is 19.1. The molecule has 0 N–H and O–H groups in total. The van der Waals surface area contributed by atoms with Crippen molar-refractivity contribution in [2.45, 2.75) is 10.9 Å². The van der Waals surface area contributed by atoms with Gasteiger partial charge in [-0.05, 0) is 29.0 Å². The third-order valence-electron chi connectivity index (χ3n) is 4.57. The van der Waals surface area contributed by atoms with Gasteiger partial charge in [-0.25, -0.2) is 4.39 Å². The molecular formula is C21H13ClFN3S2. The van der Waals surface area contributed by atoms with E-state index in [9.17, 15) is 4.39 Å². The Morgan fingerprint density at radius 1 is 1.00 bits per heavy atom. The van der Waals surface area contributed by atoms with Crippen molar-refractivity contribution in [3.05, 3.63) is 82.4 Å². The maximum absolute atomic E-state index is 14.1. The lowest BCUT2D eigenvalue weighted by Gasteiger charge is -2.06. The van der Waals surface area contributed by atoms with Gasteiger partial charge in [0.15, 0.2) is 5.16 Å². The molecule has 28 heavy (non-hydrogen) atoms. The highest BCUT2D eigenvalue weighted by Crippen LogP contribution is 2.33. The van der Waals surface area contributed by atoms with Crippen LogP contribution in [0.3, 0.4) is 0 Å². The number of halogens is 2. The molecule has 0 amide bonds. The van der Waals surface area contributed by atoms with Gasteiger partial charge in [-0.3, -0.25) is 4.40 Å². The molecule has 2 heterocycles. The van der Waals surface area contributed by atoms with Crippen LogP contribution < -0.4 is 0 Å². The van der Waals surface area contributed by atoms with Crippen LogP contribution in [0.5, 0.6) is 0 Å². The second-order valence-electron chi connectivity index (χ2n) is 6.27. The molecule has 0 aliphatic heterocycles. The van der Waals surface area contributed by atoms with Gasteiger partial charge in [-0.2, -0.15) is 0 Å². The number of benzene rings is 3. The lowest BCUT2D eigenvalue weighted by molar-refractivity contribution is 0.617. The SMILES string of the molecule is Fc1cccc(Cl)c1CSc1nnc2scc(-c3ccc4ccccc4c3)n12. The van der Waals surface area contributed by atoms with Gasteiger partial charge in [0.25, 0.3) is 0 Å². The molecule has 3 nitrogen and oxygen atoms in total. The van der Waals surface area contributed by atoms with Crippen LogP contribution in [-0.4, -0.2) is 14.6 Å². The molecule has 0 spiro atoms. The van der Waals surface area contributed by atoms with Crippen molar-refractivity contribution in [2.24, 2.45) is 0 Å². The minimum atomic E-state index is -0.305. The largest absolute Gasteiger partial charge is 0.260 e. The Morgan fingerprint density at radius 2 is 1.86 bits per heavy atom. The van der Waals surface area contributed by atoms with Crippen molar-refractivity contribution in [2.75, 3.05) is 0 Å². The first kappa shape index (κ1) is 17.7. The van der Waals surface area contributed by atoms with Crippen LogP contribution in [-0.2, 0) is 5.75 Å². The monoisotopic (exact) mass is 425 g/mol. The van der Waals surface area contributed by atoms with Crippen molar-refractivity contribution < 1.29 is 4.39 Å². The normalized spacial score (nSPS) is 11.5. The molecule has 0 aliphatic carbocycles. The van der Waals surface area contributed by atoms with Crippen LogP contribution in [0.25, 0.3) is 27.0 Å². The molecule has 0 bridgehead atoms. The van der Waals surface area contributed by atoms with Gasteiger partial charge in [0.1, 0.15) is 5.82 Å². The summed E-state index contributed by atoms with van der Waals surface area (Å²) in [5.41, 5.74) is 2.60. The van der Waals surface area contributed by atoms with Crippen molar-refractivity contribution >= 4 is 50.4 Å². The molecule has 0 unspecified atom stereocenters. The van der Waals surface area contributed by atoms with E-state index in [4.69, 9.17) is 11.6 Å². The predicted octanol–water partition coefficient (Wildman–Crippen LogP) is 6.70. The minimum Gasteiger partial charge on any atom is -0.260 e. The van der Waals surface area contributed by atoms with Gasteiger partial charge < -0.3 is 0 Å². The summed E-state index contributed by atoms with van der Waals surface area (Å²) in [5, 5.41) is 14.2. The second-order valence-corrected chi connectivity index (χ2v) is 8.46. The highest BCUT2D eigenvalue weighted by Gasteiger charge is 2.16. The zero-order valence-corrected chi connectivity index (χ0v) is 16.9. The number of aromatic nitrogens is 3. The fraction of sp³-hybridized carbons (Fsp3) is 0.0476. The number of fused-ring (bicyclic) bond motifs is 2. The van der Waals surface area contributed by atoms with Crippen LogP contribution in [0.1, 0.15) is 5.56 Å². The smallest absolute Gasteiger partial charge is 0.217 e. The Morgan fingerprint density at radius 3 is 2.71 bits per heavy atom. The molecule has 0 saturated carbocycles. The molecule has 0 atom stereocenters. The molecule has 138 valence electrons. The van der Waals surface area contributed by atoms with E-state index < -0.39 is 0 Å². The van der Waals surface area contributed by atoms with E-state index in [-0.39, 0.29) is 5.82 Å². The van der Waals surface area contributed by atoms with E-state index in [0.717, 1.165) is 21.4 Å². The molecule has 2 aromatic heterocycles. The van der Waals surface area contributed by atoms with Crippen molar-refractivity contribution in [3.8, 4) is 11.3 Å². The molecule has 5 rings (SSSR count). The van der Waals surface area contributed by atoms with Crippen LogP contribution >= 0.6 is 34.7 Å². The molecule has 0 aliphatic rings. The van der Waals surface area contributed by atoms with Crippen molar-refractivity contribution in [3.63, 3.8) is 0 Å². The molecule has 3 aromatic carbocycles. The van der Waals surface area contributed by atoms with Crippen molar-refractivity contribution in [1.29, 1.82) is 0 Å². The number of thiazole rings is 1. The summed E-state index contributed by atoms with van der Waals surface area (Å²) >= 11 is 9.12. The van der Waals surface area contributed by atoms with Crippen LogP contribution in [0, 0.1) is 5.82 Å². The average Bonchev–Trinajstić information content (AvgIpc) is 3.30. The third-order valence-corrected chi connectivity index (χ3v) is 6.70.